The molecule has 1 atom stereocenters. The summed E-state index contributed by atoms with van der Waals surface area (Å²) in [5, 5.41) is 17.8. The number of hydrogen-bond acceptors (Lipinski definition) is 6. The van der Waals surface area contributed by atoms with Crippen molar-refractivity contribution in [3.05, 3.63) is 83.8 Å². The number of rotatable bonds is 7. The molecule has 1 fully saturated rings. The molecule has 1 saturated heterocycles. The number of nitrogens with one attached hydrogen (secondary N) is 1. The predicted molar refractivity (Wildman–Crippen MR) is 135 cm³/mol. The van der Waals surface area contributed by atoms with Gasteiger partial charge in [0.05, 0.1) is 17.3 Å². The molecular weight excluding hydrogens is 442 g/mol. The molecule has 8 heteroatoms. The fourth-order valence-electron chi connectivity index (χ4n) is 4.98. The van der Waals surface area contributed by atoms with Gasteiger partial charge < -0.3 is 14.7 Å². The van der Waals surface area contributed by atoms with Crippen LogP contribution in [0.5, 0.6) is 5.75 Å². The van der Waals surface area contributed by atoms with Gasteiger partial charge in [-0.15, -0.1) is 0 Å². The molecule has 180 valence electrons. The monoisotopic (exact) mass is 471 g/mol. The number of nitrogens with zero attached hydrogens (tertiary/aromatic N) is 4. The van der Waals surface area contributed by atoms with Crippen LogP contribution in [0, 0.1) is 6.92 Å². The summed E-state index contributed by atoms with van der Waals surface area (Å²) < 4.78 is 5.83. The zero-order valence-corrected chi connectivity index (χ0v) is 19.7. The van der Waals surface area contributed by atoms with Crippen LogP contribution in [0.15, 0.2) is 67.0 Å². The number of carboxylic acid groups (broad SMARTS) is 1. The van der Waals surface area contributed by atoms with Gasteiger partial charge in [-0.05, 0) is 42.7 Å². The summed E-state index contributed by atoms with van der Waals surface area (Å²) in [5.74, 6) is -0.401. The fraction of sp³-hybridized carbons (Fsp3) is 0.296. The Morgan fingerprint density at radius 3 is 2.74 bits per heavy atom. The Bertz CT molecular complexity index is 1290. The number of pyridine rings is 1. The number of aliphatic carboxylic acids is 1. The lowest BCUT2D eigenvalue weighted by molar-refractivity contribution is -0.139. The summed E-state index contributed by atoms with van der Waals surface area (Å²) in [5.41, 5.74) is 4.82. The third kappa shape index (κ3) is 4.83. The van der Waals surface area contributed by atoms with Gasteiger partial charge in [-0.3, -0.25) is 15.0 Å². The van der Waals surface area contributed by atoms with Crippen molar-refractivity contribution < 1.29 is 14.6 Å². The molecule has 0 bridgehead atoms. The number of aromatic amines is 1. The molecular formula is C27H29N5O3. The zero-order chi connectivity index (χ0) is 24.2. The Morgan fingerprint density at radius 2 is 1.97 bits per heavy atom. The molecule has 2 aromatic heterocycles. The maximum Gasteiger partial charge on any atom is 0.341 e. The first-order valence-corrected chi connectivity index (χ1v) is 11.9. The summed E-state index contributed by atoms with van der Waals surface area (Å²) >= 11 is 0. The van der Waals surface area contributed by atoms with Crippen LogP contribution < -0.4 is 9.64 Å². The van der Waals surface area contributed by atoms with Gasteiger partial charge in [0.25, 0.3) is 0 Å². The SMILES string of the molecule is Cc1cc2cccnc2c(N2CCCN(C(c3ccccc3)c3cc[nH]n3)CC2)c1OCC(=O)O. The number of carboxylic acids is 1. The van der Waals surface area contributed by atoms with E-state index >= 15 is 0 Å². The molecule has 2 N–H and O–H groups in total. The van der Waals surface area contributed by atoms with Gasteiger partial charge in [0.1, 0.15) is 11.4 Å². The number of aromatic nitrogens is 3. The number of hydrogen-bond donors (Lipinski definition) is 2. The Morgan fingerprint density at radius 1 is 1.11 bits per heavy atom. The molecule has 0 saturated carbocycles. The molecule has 1 aliphatic rings. The third-order valence-corrected chi connectivity index (χ3v) is 6.48. The Hall–Kier alpha value is -3.91. The number of aryl methyl sites for hydroxylation is 1. The van der Waals surface area contributed by atoms with Crippen molar-refractivity contribution in [2.75, 3.05) is 37.7 Å². The molecule has 3 heterocycles. The Kier molecular flexibility index (Phi) is 6.63. The lowest BCUT2D eigenvalue weighted by atomic mass is 10.0. The third-order valence-electron chi connectivity index (χ3n) is 6.48. The highest BCUT2D eigenvalue weighted by Gasteiger charge is 2.28. The summed E-state index contributed by atoms with van der Waals surface area (Å²) in [6.45, 7) is 4.86. The van der Waals surface area contributed by atoms with Crippen LogP contribution in [-0.2, 0) is 4.79 Å². The smallest absolute Gasteiger partial charge is 0.341 e. The van der Waals surface area contributed by atoms with Crippen LogP contribution in [-0.4, -0.2) is 63.9 Å². The Balaban J connectivity index is 1.49. The van der Waals surface area contributed by atoms with Crippen molar-refractivity contribution in [2.45, 2.75) is 19.4 Å². The molecule has 0 amide bonds. The average molecular weight is 472 g/mol. The fourth-order valence-corrected chi connectivity index (χ4v) is 4.98. The molecule has 5 rings (SSSR count). The van der Waals surface area contributed by atoms with Crippen LogP contribution in [0.1, 0.15) is 29.3 Å². The van der Waals surface area contributed by atoms with Gasteiger partial charge in [0, 0.05) is 44.0 Å². The quantitative estimate of drug-likeness (QED) is 0.420. The second-order valence-electron chi connectivity index (χ2n) is 8.82. The number of carbonyl (C=O) groups is 1. The molecule has 35 heavy (non-hydrogen) atoms. The van der Waals surface area contributed by atoms with Crippen molar-refractivity contribution in [3.63, 3.8) is 0 Å². The zero-order valence-electron chi connectivity index (χ0n) is 19.7. The summed E-state index contributed by atoms with van der Waals surface area (Å²) in [4.78, 5) is 20.7. The van der Waals surface area contributed by atoms with Gasteiger partial charge in [-0.2, -0.15) is 5.10 Å². The molecule has 0 spiro atoms. The van der Waals surface area contributed by atoms with Crippen LogP contribution in [0.25, 0.3) is 10.9 Å². The minimum Gasteiger partial charge on any atom is -0.479 e. The van der Waals surface area contributed by atoms with E-state index in [4.69, 9.17) is 4.74 Å². The van der Waals surface area contributed by atoms with E-state index in [-0.39, 0.29) is 12.6 Å². The van der Waals surface area contributed by atoms with Crippen LogP contribution in [0.3, 0.4) is 0 Å². The average Bonchev–Trinajstić information content (AvgIpc) is 3.28. The second kappa shape index (κ2) is 10.1. The highest BCUT2D eigenvalue weighted by molar-refractivity contribution is 5.95. The normalized spacial score (nSPS) is 15.6. The van der Waals surface area contributed by atoms with E-state index in [9.17, 15) is 9.90 Å². The first kappa shape index (κ1) is 22.9. The molecule has 0 aliphatic carbocycles. The van der Waals surface area contributed by atoms with Crippen LogP contribution >= 0.6 is 0 Å². The lowest BCUT2D eigenvalue weighted by Crippen LogP contribution is -2.34. The summed E-state index contributed by atoms with van der Waals surface area (Å²) in [7, 11) is 0. The predicted octanol–water partition coefficient (Wildman–Crippen LogP) is 4.03. The van der Waals surface area contributed by atoms with Crippen LogP contribution in [0.4, 0.5) is 5.69 Å². The van der Waals surface area contributed by atoms with Crippen molar-refractivity contribution in [3.8, 4) is 5.75 Å². The Labute approximate surface area is 204 Å². The molecule has 1 aliphatic heterocycles. The molecule has 0 radical (unpaired) electrons. The van der Waals surface area contributed by atoms with E-state index in [0.717, 1.165) is 60.4 Å². The first-order valence-electron chi connectivity index (χ1n) is 11.9. The van der Waals surface area contributed by atoms with Gasteiger partial charge >= 0.3 is 5.97 Å². The molecule has 4 aromatic rings. The molecule has 8 nitrogen and oxygen atoms in total. The van der Waals surface area contributed by atoms with E-state index in [1.165, 1.54) is 5.56 Å². The minimum atomic E-state index is -0.997. The van der Waals surface area contributed by atoms with Crippen molar-refractivity contribution >= 4 is 22.6 Å². The lowest BCUT2D eigenvalue weighted by Gasteiger charge is -2.31. The van der Waals surface area contributed by atoms with E-state index in [0.29, 0.717) is 5.75 Å². The van der Waals surface area contributed by atoms with Crippen molar-refractivity contribution in [2.24, 2.45) is 0 Å². The van der Waals surface area contributed by atoms with E-state index in [2.05, 4.69) is 49.2 Å². The largest absolute Gasteiger partial charge is 0.479 e. The van der Waals surface area contributed by atoms with Gasteiger partial charge in [-0.1, -0.05) is 36.4 Å². The maximum atomic E-state index is 11.3. The number of ether oxygens (including phenoxy) is 1. The van der Waals surface area contributed by atoms with Crippen molar-refractivity contribution in [1.29, 1.82) is 0 Å². The summed E-state index contributed by atoms with van der Waals surface area (Å²) in [6.07, 6.45) is 4.58. The van der Waals surface area contributed by atoms with Crippen molar-refractivity contribution in [1.82, 2.24) is 20.1 Å². The van der Waals surface area contributed by atoms with Crippen LogP contribution in [0.2, 0.25) is 0 Å². The topological polar surface area (TPSA) is 94.6 Å². The van der Waals surface area contributed by atoms with Gasteiger partial charge in [-0.25, -0.2) is 4.79 Å². The standard InChI is InChI=1S/C27H29N5O3/c1-19-17-21-9-5-11-28-24(21)26(27(19)35-18-23(33)34)32-14-6-13-31(15-16-32)25(22-10-12-29-30-22)20-7-3-2-4-8-20/h2-5,7-12,17,25H,6,13-16,18H2,1H3,(H,29,30)(H,33,34). The van der Waals surface area contributed by atoms with Gasteiger partial charge in [0.15, 0.2) is 6.61 Å². The highest BCUT2D eigenvalue weighted by atomic mass is 16.5. The number of benzene rings is 2. The number of H-pyrrole nitrogens is 1. The molecule has 2 aromatic carbocycles. The van der Waals surface area contributed by atoms with Gasteiger partial charge in [0.2, 0.25) is 0 Å². The van der Waals surface area contributed by atoms with E-state index in [1.54, 1.807) is 6.20 Å². The van der Waals surface area contributed by atoms with E-state index in [1.807, 2.05) is 43.5 Å². The first-order chi connectivity index (χ1) is 17.1. The van der Waals surface area contributed by atoms with E-state index < -0.39 is 5.97 Å². The number of fused-ring (bicyclic) bond motifs is 1. The minimum absolute atomic E-state index is 0.0532. The summed E-state index contributed by atoms with van der Waals surface area (Å²) in [6, 6.07) is 18.5. The maximum absolute atomic E-state index is 11.3. The second-order valence-corrected chi connectivity index (χ2v) is 8.82. The molecule has 1 unspecified atom stereocenters. The number of anilines is 1. The highest BCUT2D eigenvalue weighted by Crippen LogP contribution is 2.39.